The molecule has 0 unspecified atom stereocenters. The molecule has 0 aliphatic rings. The quantitative estimate of drug-likeness (QED) is 0.584. The van der Waals surface area contributed by atoms with Gasteiger partial charge in [-0.25, -0.2) is 9.78 Å². The second kappa shape index (κ2) is 4.37. The Bertz CT molecular complexity index is 580. The van der Waals surface area contributed by atoms with E-state index in [0.29, 0.717) is 10.3 Å². The number of fused-ring (bicyclic) bond motifs is 1. The molecule has 0 fully saturated rings. The maximum atomic E-state index is 11.6. The first-order valence-electron chi connectivity index (χ1n) is 4.99. The number of carbonyl (C=O) groups excluding carboxylic acids is 1. The molecule has 6 heteroatoms. The summed E-state index contributed by atoms with van der Waals surface area (Å²) >= 11 is 1.25. The number of nitrogens with zero attached hydrogens (tertiary/aromatic N) is 2. The molecule has 0 aliphatic heterocycles. The van der Waals surface area contributed by atoms with E-state index in [1.165, 1.54) is 18.4 Å². The Morgan fingerprint density at radius 3 is 2.82 bits per heavy atom. The van der Waals surface area contributed by atoms with Crippen LogP contribution in [0.4, 0.5) is 5.69 Å². The number of rotatable bonds is 2. The van der Waals surface area contributed by atoms with Gasteiger partial charge in [0, 0.05) is 31.4 Å². The molecule has 0 atom stereocenters. The van der Waals surface area contributed by atoms with E-state index >= 15 is 0 Å². The predicted molar refractivity (Wildman–Crippen MR) is 70.7 cm³/mol. The molecule has 2 aromatic rings. The summed E-state index contributed by atoms with van der Waals surface area (Å²) in [6, 6.07) is 1.87. The van der Waals surface area contributed by atoms with Crippen molar-refractivity contribution in [1.82, 2.24) is 4.98 Å². The molecular formula is C11H11BN2O2S. The third-order valence-corrected chi connectivity index (χ3v) is 3.55. The number of carbonyl (C=O) groups is 1. The summed E-state index contributed by atoms with van der Waals surface area (Å²) in [5.41, 5.74) is 1.38. The van der Waals surface area contributed by atoms with Gasteiger partial charge < -0.3 is 9.64 Å². The number of thiophene rings is 1. The Balaban J connectivity index is 2.74. The van der Waals surface area contributed by atoms with Gasteiger partial charge in [0.1, 0.15) is 17.6 Å². The number of aromatic nitrogens is 1. The summed E-state index contributed by atoms with van der Waals surface area (Å²) in [5.74, 6) is -0.421. The van der Waals surface area contributed by atoms with E-state index in [4.69, 9.17) is 12.6 Å². The van der Waals surface area contributed by atoms with Crippen LogP contribution in [0.25, 0.3) is 10.2 Å². The van der Waals surface area contributed by atoms with Crippen LogP contribution in [0.2, 0.25) is 0 Å². The van der Waals surface area contributed by atoms with Crippen molar-refractivity contribution in [3.05, 3.63) is 17.1 Å². The second-order valence-corrected chi connectivity index (χ2v) is 4.74. The fourth-order valence-electron chi connectivity index (χ4n) is 1.65. The Labute approximate surface area is 105 Å². The van der Waals surface area contributed by atoms with Crippen LogP contribution < -0.4 is 10.4 Å². The third kappa shape index (κ3) is 1.89. The molecule has 0 N–H and O–H groups in total. The molecule has 0 saturated carbocycles. The average Bonchev–Trinajstić information content (AvgIpc) is 2.66. The first-order valence-corrected chi connectivity index (χ1v) is 5.80. The summed E-state index contributed by atoms with van der Waals surface area (Å²) < 4.78 is 4.70. The lowest BCUT2D eigenvalue weighted by Crippen LogP contribution is -2.16. The van der Waals surface area contributed by atoms with Crippen LogP contribution in [-0.4, -0.2) is 40.0 Å². The lowest BCUT2D eigenvalue weighted by Gasteiger charge is -2.13. The van der Waals surface area contributed by atoms with Gasteiger partial charge >= 0.3 is 5.97 Å². The lowest BCUT2D eigenvalue weighted by molar-refractivity contribution is 0.0608. The Morgan fingerprint density at radius 2 is 2.24 bits per heavy atom. The lowest BCUT2D eigenvalue weighted by atomic mass is 9.92. The van der Waals surface area contributed by atoms with Crippen LogP contribution in [0.3, 0.4) is 0 Å². The standard InChI is InChI=1S/C11H11BN2O2S/c1-14(2)6-4-5-13-10-7(6)8(12)9(17-10)11(15)16-3/h4-5H,1-3H3. The zero-order valence-corrected chi connectivity index (χ0v) is 10.7. The fraction of sp³-hybridized carbons (Fsp3) is 0.273. The smallest absolute Gasteiger partial charge is 0.347 e. The van der Waals surface area contributed by atoms with E-state index in [9.17, 15) is 4.79 Å². The van der Waals surface area contributed by atoms with Crippen molar-refractivity contribution in [3.8, 4) is 0 Å². The molecule has 0 spiro atoms. The number of hydrogen-bond acceptors (Lipinski definition) is 5. The first kappa shape index (κ1) is 11.9. The Hall–Kier alpha value is -1.56. The van der Waals surface area contributed by atoms with Gasteiger partial charge in [-0.3, -0.25) is 0 Å². The van der Waals surface area contributed by atoms with Gasteiger partial charge in [0.05, 0.1) is 7.11 Å². The van der Waals surface area contributed by atoms with Gasteiger partial charge in [0.2, 0.25) is 0 Å². The van der Waals surface area contributed by atoms with Gasteiger partial charge in [0.15, 0.2) is 0 Å². The van der Waals surface area contributed by atoms with Crippen LogP contribution in [0.15, 0.2) is 12.3 Å². The molecule has 0 aliphatic carbocycles. The average molecular weight is 246 g/mol. The van der Waals surface area contributed by atoms with Crippen molar-refractivity contribution in [3.63, 3.8) is 0 Å². The monoisotopic (exact) mass is 246 g/mol. The summed E-state index contributed by atoms with van der Waals surface area (Å²) in [4.78, 5) is 18.9. The molecule has 0 bridgehead atoms. The van der Waals surface area contributed by atoms with E-state index in [1.807, 2.05) is 25.1 Å². The number of ether oxygens (including phenoxy) is 1. The largest absolute Gasteiger partial charge is 0.465 e. The Morgan fingerprint density at radius 1 is 1.53 bits per heavy atom. The highest BCUT2D eigenvalue weighted by molar-refractivity contribution is 7.21. The zero-order valence-electron chi connectivity index (χ0n) is 9.85. The summed E-state index contributed by atoms with van der Waals surface area (Å²) in [6.07, 6.45) is 1.70. The number of anilines is 1. The first-order chi connectivity index (χ1) is 8.06. The van der Waals surface area contributed by atoms with Crippen LogP contribution in [0, 0.1) is 0 Å². The molecule has 4 nitrogen and oxygen atoms in total. The van der Waals surface area contributed by atoms with E-state index in [1.54, 1.807) is 6.20 Å². The molecule has 0 amide bonds. The number of esters is 1. The normalized spacial score (nSPS) is 10.5. The highest BCUT2D eigenvalue weighted by Gasteiger charge is 2.18. The number of pyridine rings is 1. The van der Waals surface area contributed by atoms with Gasteiger partial charge in [-0.05, 0) is 6.07 Å². The molecule has 0 saturated heterocycles. The zero-order chi connectivity index (χ0) is 12.6. The predicted octanol–water partition coefficient (Wildman–Crippen LogP) is 0.943. The topological polar surface area (TPSA) is 42.4 Å². The summed E-state index contributed by atoms with van der Waals surface area (Å²) in [5, 5.41) is 0.808. The van der Waals surface area contributed by atoms with Crippen LogP contribution in [0.1, 0.15) is 9.67 Å². The second-order valence-electron chi connectivity index (χ2n) is 3.74. The molecule has 86 valence electrons. The van der Waals surface area contributed by atoms with E-state index in [-0.39, 0.29) is 0 Å². The number of hydrogen-bond donors (Lipinski definition) is 0. The molecule has 2 aromatic heterocycles. The van der Waals surface area contributed by atoms with Crippen LogP contribution >= 0.6 is 11.3 Å². The highest BCUT2D eigenvalue weighted by atomic mass is 32.1. The van der Waals surface area contributed by atoms with Crippen molar-refractivity contribution in [2.75, 3.05) is 26.1 Å². The molecular weight excluding hydrogens is 235 g/mol. The minimum absolute atomic E-state index is 0.407. The van der Waals surface area contributed by atoms with Crippen molar-refractivity contribution in [1.29, 1.82) is 0 Å². The maximum absolute atomic E-state index is 11.6. The van der Waals surface area contributed by atoms with Gasteiger partial charge in [0.25, 0.3) is 0 Å². The fourth-order valence-corrected chi connectivity index (χ4v) is 2.65. The van der Waals surface area contributed by atoms with Gasteiger partial charge in [-0.15, -0.1) is 11.3 Å². The maximum Gasteiger partial charge on any atom is 0.347 e. The summed E-state index contributed by atoms with van der Waals surface area (Å²) in [7, 11) is 11.2. The number of methoxy groups -OCH3 is 1. The molecule has 2 radical (unpaired) electrons. The van der Waals surface area contributed by atoms with E-state index in [2.05, 4.69) is 4.98 Å². The van der Waals surface area contributed by atoms with Crippen molar-refractivity contribution in [2.45, 2.75) is 0 Å². The van der Waals surface area contributed by atoms with Crippen molar-refractivity contribution in [2.24, 2.45) is 0 Å². The van der Waals surface area contributed by atoms with Crippen molar-refractivity contribution < 1.29 is 9.53 Å². The molecule has 17 heavy (non-hydrogen) atoms. The van der Waals surface area contributed by atoms with Crippen molar-refractivity contribution >= 4 is 46.5 Å². The minimum atomic E-state index is -0.421. The summed E-state index contributed by atoms with van der Waals surface area (Å²) in [6.45, 7) is 0. The Kier molecular flexibility index (Phi) is 3.06. The van der Waals surface area contributed by atoms with Gasteiger partial charge in [-0.2, -0.15) is 0 Å². The van der Waals surface area contributed by atoms with E-state index < -0.39 is 5.97 Å². The minimum Gasteiger partial charge on any atom is -0.465 e. The van der Waals surface area contributed by atoms with Crippen LogP contribution in [-0.2, 0) is 4.74 Å². The third-order valence-electron chi connectivity index (χ3n) is 2.46. The van der Waals surface area contributed by atoms with E-state index in [0.717, 1.165) is 15.9 Å². The molecule has 2 heterocycles. The SMILES string of the molecule is [B]c1c(C(=O)OC)sc2nccc(N(C)C)c12. The molecule has 2 rings (SSSR count). The van der Waals surface area contributed by atoms with Gasteiger partial charge in [-0.1, -0.05) is 5.46 Å². The molecule has 0 aromatic carbocycles. The highest BCUT2D eigenvalue weighted by Crippen LogP contribution is 2.28. The van der Waals surface area contributed by atoms with Crippen LogP contribution in [0.5, 0.6) is 0 Å².